The predicted octanol–water partition coefficient (Wildman–Crippen LogP) is 5.79. The lowest BCUT2D eigenvalue weighted by Gasteiger charge is -2.23. The number of aromatic nitrogens is 3. The van der Waals surface area contributed by atoms with E-state index in [0.717, 1.165) is 39.1 Å². The molecule has 52 heavy (non-hydrogen) atoms. The lowest BCUT2D eigenvalue weighted by molar-refractivity contribution is -0.133. The number of piperidine rings is 1. The Labute approximate surface area is 307 Å². The first kappa shape index (κ1) is 35.9. The Bertz CT molecular complexity index is 2370. The molecule has 1 unspecified atom stereocenters. The zero-order valence-electron chi connectivity index (χ0n) is 29.9. The van der Waals surface area contributed by atoms with Crippen molar-refractivity contribution in [2.45, 2.75) is 45.6 Å². The number of imidazole rings is 1. The molecule has 3 heterocycles. The Kier molecular flexibility index (Phi) is 10.2. The number of imide groups is 1. The minimum absolute atomic E-state index is 0.0636. The van der Waals surface area contributed by atoms with Gasteiger partial charge in [-0.05, 0) is 78.9 Å². The number of aryl methyl sites for hydroxylation is 3. The van der Waals surface area contributed by atoms with Crippen molar-refractivity contribution < 1.29 is 14.4 Å². The molecule has 1 saturated heterocycles. The summed E-state index contributed by atoms with van der Waals surface area (Å²) in [6.07, 6.45) is 2.35. The van der Waals surface area contributed by atoms with Crippen molar-refractivity contribution in [3.05, 3.63) is 105 Å². The van der Waals surface area contributed by atoms with Crippen molar-refractivity contribution in [3.63, 3.8) is 0 Å². The van der Waals surface area contributed by atoms with Gasteiger partial charge in [0, 0.05) is 67.5 Å². The van der Waals surface area contributed by atoms with Crippen molar-refractivity contribution >= 4 is 57.4 Å². The molecule has 3 aromatic carbocycles. The highest BCUT2D eigenvalue weighted by Gasteiger charge is 2.26. The van der Waals surface area contributed by atoms with Gasteiger partial charge in [0.2, 0.25) is 11.8 Å². The molecule has 12 heteroatoms. The number of amides is 3. The van der Waals surface area contributed by atoms with Gasteiger partial charge in [-0.25, -0.2) is 4.79 Å². The summed E-state index contributed by atoms with van der Waals surface area (Å²) >= 11 is 6.85. The first-order chi connectivity index (χ1) is 24.8. The standard InChI is InChI=1S/C40H40ClN7O4/c1-23(2)31-19-29(21-34-37(31)48(6)40(52)47(34)5)46(4)28-12-13-30(32(41)20-28)26-17-24(3)36(43-22-26)39(51)42-16-8-10-25-9-7-11-27(18-25)44-33-14-15-35(49)45-38(33)50/h7,9,11-13,17-23,33,44H,14-16H2,1-6H3,(H,42,51)(H,45,49,50). The van der Waals surface area contributed by atoms with Crippen LogP contribution < -0.4 is 26.5 Å². The Balaban J connectivity index is 1.12. The van der Waals surface area contributed by atoms with Crippen LogP contribution in [0.3, 0.4) is 0 Å². The summed E-state index contributed by atoms with van der Waals surface area (Å²) in [5.41, 5.74) is 8.62. The molecule has 3 amide bonds. The van der Waals surface area contributed by atoms with E-state index in [1.54, 1.807) is 29.4 Å². The van der Waals surface area contributed by atoms with E-state index in [1.165, 1.54) is 0 Å². The molecule has 1 aliphatic rings. The van der Waals surface area contributed by atoms with Gasteiger partial charge in [0.05, 0.1) is 22.6 Å². The Morgan fingerprint density at radius 3 is 2.56 bits per heavy atom. The molecule has 0 saturated carbocycles. The van der Waals surface area contributed by atoms with Crippen LogP contribution in [0.4, 0.5) is 17.1 Å². The number of rotatable bonds is 8. The SMILES string of the molecule is Cc1cc(-c2ccc(N(C)c3cc(C(C)C)c4c(c3)n(C)c(=O)n4C)cc2Cl)cnc1C(=O)NCC#Cc1cccc(NC2CCC(=O)NC2=O)c1. The van der Waals surface area contributed by atoms with Crippen LogP contribution in [0.15, 0.2) is 71.7 Å². The summed E-state index contributed by atoms with van der Waals surface area (Å²) in [4.78, 5) is 55.8. The van der Waals surface area contributed by atoms with Crippen LogP contribution in [0.5, 0.6) is 0 Å². The zero-order chi connectivity index (χ0) is 37.3. The third kappa shape index (κ3) is 7.29. The molecule has 11 nitrogen and oxygen atoms in total. The number of carbonyl (C=O) groups excluding carboxylic acids is 3. The lowest BCUT2D eigenvalue weighted by Crippen LogP contribution is -2.47. The lowest BCUT2D eigenvalue weighted by atomic mass is 10.00. The minimum atomic E-state index is -0.488. The largest absolute Gasteiger partial charge is 0.374 e. The molecule has 1 aliphatic heterocycles. The second-order valence-corrected chi connectivity index (χ2v) is 13.7. The molecule has 0 bridgehead atoms. The van der Waals surface area contributed by atoms with E-state index in [4.69, 9.17) is 11.6 Å². The number of pyridine rings is 1. The van der Waals surface area contributed by atoms with Crippen LogP contribution in [-0.2, 0) is 23.7 Å². The highest BCUT2D eigenvalue weighted by Crippen LogP contribution is 2.36. The molecule has 1 fully saturated rings. The van der Waals surface area contributed by atoms with Crippen molar-refractivity contribution in [1.29, 1.82) is 0 Å². The van der Waals surface area contributed by atoms with Gasteiger partial charge in [-0.3, -0.25) is 33.8 Å². The number of hydrogen-bond donors (Lipinski definition) is 3. The van der Waals surface area contributed by atoms with Crippen molar-refractivity contribution in [1.82, 2.24) is 24.8 Å². The molecule has 266 valence electrons. The van der Waals surface area contributed by atoms with E-state index >= 15 is 0 Å². The first-order valence-corrected chi connectivity index (χ1v) is 17.4. The highest BCUT2D eigenvalue weighted by molar-refractivity contribution is 6.33. The van der Waals surface area contributed by atoms with Gasteiger partial charge in [-0.15, -0.1) is 0 Å². The summed E-state index contributed by atoms with van der Waals surface area (Å²) in [6.45, 7) is 6.18. The third-order valence-corrected chi connectivity index (χ3v) is 9.65. The van der Waals surface area contributed by atoms with Gasteiger partial charge in [0.15, 0.2) is 0 Å². The van der Waals surface area contributed by atoms with Crippen LogP contribution >= 0.6 is 11.6 Å². The van der Waals surface area contributed by atoms with Crippen LogP contribution in [0.25, 0.3) is 22.2 Å². The Morgan fingerprint density at radius 2 is 1.85 bits per heavy atom. The van der Waals surface area contributed by atoms with E-state index < -0.39 is 6.04 Å². The molecule has 5 aromatic rings. The quantitative estimate of drug-likeness (QED) is 0.137. The van der Waals surface area contributed by atoms with Gasteiger partial charge in [-0.2, -0.15) is 0 Å². The van der Waals surface area contributed by atoms with E-state index in [0.29, 0.717) is 34.0 Å². The predicted molar refractivity (Wildman–Crippen MR) is 205 cm³/mol. The number of nitrogens with one attached hydrogen (secondary N) is 3. The Morgan fingerprint density at radius 1 is 1.06 bits per heavy atom. The molecular formula is C40H40ClN7O4. The molecule has 0 radical (unpaired) electrons. The maximum atomic E-state index is 13.0. The molecule has 2 aromatic heterocycles. The van der Waals surface area contributed by atoms with E-state index in [9.17, 15) is 19.2 Å². The van der Waals surface area contributed by atoms with Crippen LogP contribution in [0.1, 0.15) is 59.8 Å². The van der Waals surface area contributed by atoms with Gasteiger partial charge in [0.25, 0.3) is 5.91 Å². The second-order valence-electron chi connectivity index (χ2n) is 13.3. The van der Waals surface area contributed by atoms with Crippen molar-refractivity contribution in [3.8, 4) is 23.0 Å². The van der Waals surface area contributed by atoms with Gasteiger partial charge in [0.1, 0.15) is 11.7 Å². The number of anilines is 3. The average Bonchev–Trinajstić information content (AvgIpc) is 3.33. The zero-order valence-corrected chi connectivity index (χ0v) is 30.7. The summed E-state index contributed by atoms with van der Waals surface area (Å²) in [7, 11) is 5.57. The number of nitrogens with zero attached hydrogens (tertiary/aromatic N) is 4. The fourth-order valence-corrected chi connectivity index (χ4v) is 6.72. The van der Waals surface area contributed by atoms with Gasteiger partial charge >= 0.3 is 5.69 Å². The molecule has 0 spiro atoms. The van der Waals surface area contributed by atoms with Crippen molar-refractivity contribution in [2.24, 2.45) is 14.1 Å². The van der Waals surface area contributed by atoms with Crippen LogP contribution in [-0.4, -0.2) is 51.5 Å². The van der Waals surface area contributed by atoms with Crippen LogP contribution in [0, 0.1) is 18.8 Å². The van der Waals surface area contributed by atoms with Crippen LogP contribution in [0.2, 0.25) is 5.02 Å². The van der Waals surface area contributed by atoms with E-state index in [1.807, 2.05) is 73.5 Å². The van der Waals surface area contributed by atoms with Gasteiger partial charge in [-0.1, -0.05) is 49.4 Å². The number of carbonyl (C=O) groups is 3. The first-order valence-electron chi connectivity index (χ1n) is 17.0. The number of fused-ring (bicyclic) bond motifs is 1. The maximum absolute atomic E-state index is 13.0. The number of benzene rings is 3. The molecule has 0 aliphatic carbocycles. The normalized spacial score (nSPS) is 14.2. The molecular weight excluding hydrogens is 678 g/mol. The monoisotopic (exact) mass is 717 g/mol. The number of hydrogen-bond acceptors (Lipinski definition) is 7. The van der Waals surface area contributed by atoms with E-state index in [-0.39, 0.29) is 42.3 Å². The highest BCUT2D eigenvalue weighted by atomic mass is 35.5. The van der Waals surface area contributed by atoms with E-state index in [2.05, 4.69) is 52.7 Å². The van der Waals surface area contributed by atoms with Crippen molar-refractivity contribution in [2.75, 3.05) is 23.8 Å². The number of halogens is 1. The minimum Gasteiger partial charge on any atom is -0.374 e. The fourth-order valence-electron chi connectivity index (χ4n) is 6.43. The summed E-state index contributed by atoms with van der Waals surface area (Å²) in [5.74, 6) is 5.25. The molecule has 6 rings (SSSR count). The topological polar surface area (TPSA) is 130 Å². The second kappa shape index (κ2) is 14.8. The Hall–Kier alpha value is -5.86. The summed E-state index contributed by atoms with van der Waals surface area (Å²) < 4.78 is 3.38. The summed E-state index contributed by atoms with van der Waals surface area (Å²) in [5, 5.41) is 8.83. The molecule has 3 N–H and O–H groups in total. The average molecular weight is 718 g/mol. The molecule has 1 atom stereocenters. The maximum Gasteiger partial charge on any atom is 0.328 e. The third-order valence-electron chi connectivity index (χ3n) is 9.34. The fraction of sp³-hybridized carbons (Fsp3) is 0.275. The summed E-state index contributed by atoms with van der Waals surface area (Å²) in [6, 6.07) is 18.7. The smallest absolute Gasteiger partial charge is 0.328 e. The van der Waals surface area contributed by atoms with Gasteiger partial charge < -0.3 is 15.5 Å².